The number of nitrogens with two attached hydrogens (primary N) is 1. The van der Waals surface area contributed by atoms with Gasteiger partial charge in [0.2, 0.25) is 24.2 Å². The Hall–Kier alpha value is -5.70. The molecule has 0 bridgehead atoms. The zero-order valence-corrected chi connectivity index (χ0v) is 32.0. The van der Waals surface area contributed by atoms with E-state index in [1.165, 1.54) is 39.2 Å². The Balaban J connectivity index is 2.58. The summed E-state index contributed by atoms with van der Waals surface area (Å²) in [7, 11) is 3.74. The molecule has 0 aromatic heterocycles. The lowest BCUT2D eigenvalue weighted by Crippen LogP contribution is -2.64. The number of likely N-dealkylation sites (N-methyl/N-ethyl adjacent to an activating group) is 2. The number of methoxy groups -OCH3 is 1. The van der Waals surface area contributed by atoms with Crippen LogP contribution in [0.5, 0.6) is 5.75 Å². The molecule has 306 valence electrons. The van der Waals surface area contributed by atoms with Crippen LogP contribution in [0.2, 0.25) is 0 Å². The summed E-state index contributed by atoms with van der Waals surface area (Å²) in [4.78, 5) is 101. The molecule has 0 radical (unpaired) electrons. The highest BCUT2D eigenvalue weighted by molar-refractivity contribution is 5.98. The van der Waals surface area contributed by atoms with E-state index < -0.39 is 90.7 Å². The summed E-state index contributed by atoms with van der Waals surface area (Å²) in [6.07, 6.45) is -10.7. The first-order chi connectivity index (χ1) is 25.7. The van der Waals surface area contributed by atoms with E-state index in [-0.39, 0.29) is 42.6 Å². The Labute approximate surface area is 316 Å². The fourth-order valence-corrected chi connectivity index (χ4v) is 4.82. The number of anilines is 1. The molecular formula is C34H49N5O16. The number of hydrogen-bond donors (Lipinski definition) is 4. The maximum Gasteiger partial charge on any atom is 0.409 e. The summed E-state index contributed by atoms with van der Waals surface area (Å²) in [5, 5.41) is 14.2. The highest BCUT2D eigenvalue weighted by Gasteiger charge is 2.56. The van der Waals surface area contributed by atoms with Crippen LogP contribution in [0.1, 0.15) is 47.1 Å². The molecule has 1 heterocycles. The zero-order valence-electron chi connectivity index (χ0n) is 32.0. The van der Waals surface area contributed by atoms with E-state index in [9.17, 15) is 38.4 Å². The molecule has 2 rings (SSSR count). The van der Waals surface area contributed by atoms with Gasteiger partial charge in [0, 0.05) is 48.0 Å². The van der Waals surface area contributed by atoms with E-state index in [1.807, 2.05) is 0 Å². The summed E-state index contributed by atoms with van der Waals surface area (Å²) < 4.78 is 38.3. The first kappa shape index (κ1) is 45.5. The second kappa shape index (κ2) is 20.7. The van der Waals surface area contributed by atoms with E-state index >= 15 is 0 Å². The van der Waals surface area contributed by atoms with Crippen LogP contribution < -0.4 is 21.1 Å². The molecule has 1 saturated heterocycles. The SMILES string of the molecule is COC(=O)[C@H]1O[C@@H](Oc2cc(COC(=O)N(C)CCN(C)C(=O)O)ccc2NC(=O)[C@H](C)NC(=O)[C@@H](N)C(C)C)[C@H](OC(C)=O)[C@@H](OC(C)=O)[C@@H]1OC(C)=O. The number of amides is 4. The maximum atomic E-state index is 13.3. The van der Waals surface area contributed by atoms with Crippen LogP contribution in [0.15, 0.2) is 18.2 Å². The van der Waals surface area contributed by atoms with Gasteiger partial charge in [0.25, 0.3) is 0 Å². The number of carbonyl (C=O) groups excluding carboxylic acids is 7. The first-order valence-electron chi connectivity index (χ1n) is 16.9. The molecule has 0 saturated carbocycles. The van der Waals surface area contributed by atoms with Crippen molar-refractivity contribution in [3.05, 3.63) is 23.8 Å². The minimum Gasteiger partial charge on any atom is -0.467 e. The second-order valence-corrected chi connectivity index (χ2v) is 12.8. The molecule has 4 amide bonds. The van der Waals surface area contributed by atoms with Crippen molar-refractivity contribution in [2.45, 2.75) is 90.9 Å². The van der Waals surface area contributed by atoms with Gasteiger partial charge in [0.1, 0.15) is 18.4 Å². The average molecular weight is 784 g/mol. The molecule has 1 aliphatic rings. The van der Waals surface area contributed by atoms with Crippen LogP contribution in [0.25, 0.3) is 0 Å². The fraction of sp³-hybridized carbons (Fsp3) is 0.588. The Morgan fingerprint density at radius 2 is 1.42 bits per heavy atom. The van der Waals surface area contributed by atoms with E-state index in [0.29, 0.717) is 0 Å². The van der Waals surface area contributed by atoms with E-state index in [0.717, 1.165) is 37.7 Å². The number of rotatable bonds is 16. The van der Waals surface area contributed by atoms with Gasteiger partial charge in [0.05, 0.1) is 18.8 Å². The van der Waals surface area contributed by atoms with Gasteiger partial charge in [-0.2, -0.15) is 0 Å². The van der Waals surface area contributed by atoms with Crippen LogP contribution >= 0.6 is 0 Å². The minimum absolute atomic E-state index is 0.000290. The molecule has 5 N–H and O–H groups in total. The number of nitrogens with zero attached hydrogens (tertiary/aromatic N) is 2. The third kappa shape index (κ3) is 13.6. The average Bonchev–Trinajstić information content (AvgIpc) is 3.10. The van der Waals surface area contributed by atoms with Crippen LogP contribution in [-0.4, -0.2) is 140 Å². The Morgan fingerprint density at radius 3 is 1.96 bits per heavy atom. The fourth-order valence-electron chi connectivity index (χ4n) is 4.82. The molecule has 55 heavy (non-hydrogen) atoms. The molecule has 1 aromatic rings. The Morgan fingerprint density at radius 1 is 0.855 bits per heavy atom. The summed E-state index contributed by atoms with van der Waals surface area (Å²) in [5.41, 5.74) is 6.12. The number of ether oxygens (including phenoxy) is 7. The molecule has 0 aliphatic carbocycles. The van der Waals surface area contributed by atoms with Gasteiger partial charge >= 0.3 is 36.1 Å². The first-order valence-corrected chi connectivity index (χ1v) is 16.9. The molecule has 21 heteroatoms. The van der Waals surface area contributed by atoms with Crippen LogP contribution in [0, 0.1) is 5.92 Å². The normalized spacial score (nSPS) is 20.1. The number of carbonyl (C=O) groups is 8. The van der Waals surface area contributed by atoms with Crippen molar-refractivity contribution in [3.63, 3.8) is 0 Å². The second-order valence-electron chi connectivity index (χ2n) is 12.8. The minimum atomic E-state index is -1.82. The highest BCUT2D eigenvalue weighted by atomic mass is 16.7. The summed E-state index contributed by atoms with van der Waals surface area (Å²) >= 11 is 0. The van der Waals surface area contributed by atoms with Crippen molar-refractivity contribution in [3.8, 4) is 5.75 Å². The standard InChI is InChI=1S/C34H49N5O16/c1-16(2)24(35)30(44)36-17(3)29(43)37-22-11-10-21(15-50-34(48)39(8)13-12-38(7)33(46)47)14-23(22)54-32-28(53-20(6)42)26(52-19(5)41)25(51-18(4)40)27(55-32)31(45)49-9/h10-11,14,16-17,24-28,32H,12-13,15,35H2,1-9H3,(H,36,44)(H,37,43)(H,46,47)/t17-,24-,25-,26-,27-,28+,32+/m0/s1. The van der Waals surface area contributed by atoms with Crippen LogP contribution in [0.3, 0.4) is 0 Å². The maximum absolute atomic E-state index is 13.3. The van der Waals surface area contributed by atoms with Crippen molar-refractivity contribution >= 4 is 53.6 Å². The van der Waals surface area contributed by atoms with E-state index in [1.54, 1.807) is 13.8 Å². The quantitative estimate of drug-likeness (QED) is 0.130. The Bertz CT molecular complexity index is 1590. The van der Waals surface area contributed by atoms with Gasteiger partial charge in [-0.05, 0) is 30.5 Å². The topological polar surface area (TPSA) is 278 Å². The summed E-state index contributed by atoms with van der Waals surface area (Å²) in [6.45, 7) is 7.55. The van der Waals surface area contributed by atoms with Crippen LogP contribution in [-0.2, 0) is 63.8 Å². The van der Waals surface area contributed by atoms with Gasteiger partial charge in [-0.3, -0.25) is 24.0 Å². The highest BCUT2D eigenvalue weighted by Crippen LogP contribution is 2.34. The van der Waals surface area contributed by atoms with Crippen molar-refractivity contribution in [2.75, 3.05) is 39.6 Å². The monoisotopic (exact) mass is 783 g/mol. The zero-order chi connectivity index (χ0) is 41.7. The molecular weight excluding hydrogens is 734 g/mol. The summed E-state index contributed by atoms with van der Waals surface area (Å²) in [6, 6.07) is 2.08. The van der Waals surface area contributed by atoms with Gasteiger partial charge in [-0.25, -0.2) is 14.4 Å². The van der Waals surface area contributed by atoms with Crippen molar-refractivity contribution in [2.24, 2.45) is 11.7 Å². The number of benzene rings is 1. The van der Waals surface area contributed by atoms with Crippen molar-refractivity contribution in [1.82, 2.24) is 15.1 Å². The lowest BCUT2D eigenvalue weighted by atomic mass is 9.97. The lowest BCUT2D eigenvalue weighted by Gasteiger charge is -2.43. The predicted octanol–water partition coefficient (Wildman–Crippen LogP) is 0.363. The largest absolute Gasteiger partial charge is 0.467 e. The molecule has 21 nitrogen and oxygen atoms in total. The van der Waals surface area contributed by atoms with Gasteiger partial charge < -0.3 is 64.4 Å². The molecule has 1 aromatic carbocycles. The van der Waals surface area contributed by atoms with E-state index in [2.05, 4.69) is 10.6 Å². The number of carboxylic acid groups (broad SMARTS) is 1. The van der Waals surface area contributed by atoms with E-state index in [4.69, 9.17) is 44.0 Å². The lowest BCUT2D eigenvalue weighted by molar-refractivity contribution is -0.282. The van der Waals surface area contributed by atoms with Crippen molar-refractivity contribution in [1.29, 1.82) is 0 Å². The smallest absolute Gasteiger partial charge is 0.409 e. The molecule has 0 spiro atoms. The number of nitrogens with one attached hydrogen (secondary N) is 2. The van der Waals surface area contributed by atoms with Gasteiger partial charge in [-0.15, -0.1) is 0 Å². The van der Waals surface area contributed by atoms with Crippen molar-refractivity contribution < 1.29 is 76.6 Å². The number of esters is 4. The van der Waals surface area contributed by atoms with Crippen LogP contribution in [0.4, 0.5) is 15.3 Å². The third-order valence-corrected chi connectivity index (χ3v) is 7.93. The molecule has 0 unspecified atom stereocenters. The van der Waals surface area contributed by atoms with Gasteiger partial charge in [0.15, 0.2) is 18.3 Å². The van der Waals surface area contributed by atoms with Gasteiger partial charge in [-0.1, -0.05) is 19.9 Å². The molecule has 1 fully saturated rings. The molecule has 7 atom stereocenters. The molecule has 1 aliphatic heterocycles. The third-order valence-electron chi connectivity index (χ3n) is 7.93. The number of hydrogen-bond acceptors (Lipinski definition) is 16. The predicted molar refractivity (Wildman–Crippen MR) is 187 cm³/mol. The summed E-state index contributed by atoms with van der Waals surface area (Å²) in [5.74, 6) is -5.62. The Kier molecular flexibility index (Phi) is 17.1.